The quantitative estimate of drug-likeness (QED) is 0.780. The van der Waals surface area contributed by atoms with Gasteiger partial charge in [0, 0.05) is 24.5 Å². The Morgan fingerprint density at radius 3 is 2.96 bits per heavy atom. The zero-order valence-electron chi connectivity index (χ0n) is 13.9. The van der Waals surface area contributed by atoms with E-state index in [1.54, 1.807) is 18.2 Å². The molecule has 1 aliphatic heterocycles. The Labute approximate surface area is 148 Å². The lowest BCUT2D eigenvalue weighted by molar-refractivity contribution is -0.121. The van der Waals surface area contributed by atoms with Gasteiger partial charge in [-0.3, -0.25) is 4.79 Å². The number of para-hydroxylation sites is 1. The lowest BCUT2D eigenvalue weighted by Crippen LogP contribution is -2.38. The van der Waals surface area contributed by atoms with Crippen LogP contribution in [0.5, 0.6) is 0 Å². The first-order valence-corrected chi connectivity index (χ1v) is 8.43. The Balaban J connectivity index is 1.39. The van der Waals surface area contributed by atoms with Crippen LogP contribution in [0.3, 0.4) is 0 Å². The molecule has 2 aromatic carbocycles. The molecule has 26 heavy (non-hydrogen) atoms. The van der Waals surface area contributed by atoms with E-state index >= 15 is 0 Å². The number of aromatic nitrogens is 1. The predicted octanol–water partition coefficient (Wildman–Crippen LogP) is 3.04. The van der Waals surface area contributed by atoms with Crippen molar-refractivity contribution in [3.05, 3.63) is 59.8 Å². The molecule has 1 aliphatic rings. The van der Waals surface area contributed by atoms with Gasteiger partial charge in [-0.1, -0.05) is 17.3 Å². The molecule has 1 saturated heterocycles. The fourth-order valence-corrected chi connectivity index (χ4v) is 3.32. The molecule has 1 N–H and O–H groups in total. The molecule has 0 unspecified atom stereocenters. The standard InChI is InChI=1S/C19H17F2N3O2/c20-12-5-6-18-14(9-12)16(23-26-18)10-19(25)22-13-7-8-24(11-13)17-4-2-1-3-15(17)21/h1-6,9,13H,7-8,10-11H2,(H,22,25)/t13-/m0/s1. The van der Waals surface area contributed by atoms with Gasteiger partial charge in [-0.05, 0) is 36.8 Å². The van der Waals surface area contributed by atoms with Gasteiger partial charge in [-0.25, -0.2) is 8.78 Å². The summed E-state index contributed by atoms with van der Waals surface area (Å²) in [5.74, 6) is -0.890. The van der Waals surface area contributed by atoms with E-state index in [9.17, 15) is 13.6 Å². The number of hydrogen-bond acceptors (Lipinski definition) is 4. The second kappa shape index (κ2) is 6.74. The largest absolute Gasteiger partial charge is 0.367 e. The van der Waals surface area contributed by atoms with Gasteiger partial charge in [0.15, 0.2) is 5.58 Å². The maximum Gasteiger partial charge on any atom is 0.226 e. The molecular formula is C19H17F2N3O2. The zero-order valence-corrected chi connectivity index (χ0v) is 13.9. The Kier molecular flexibility index (Phi) is 4.28. The molecule has 1 fully saturated rings. The Hall–Kier alpha value is -2.96. The molecule has 7 heteroatoms. The van der Waals surface area contributed by atoms with Crippen molar-refractivity contribution in [3.8, 4) is 0 Å². The number of amides is 1. The fourth-order valence-electron chi connectivity index (χ4n) is 3.32. The Morgan fingerprint density at radius 2 is 2.12 bits per heavy atom. The highest BCUT2D eigenvalue weighted by Crippen LogP contribution is 2.24. The Morgan fingerprint density at radius 1 is 1.27 bits per heavy atom. The number of anilines is 1. The lowest BCUT2D eigenvalue weighted by atomic mass is 10.1. The summed E-state index contributed by atoms with van der Waals surface area (Å²) in [6, 6.07) is 10.6. The number of fused-ring (bicyclic) bond motifs is 1. The predicted molar refractivity (Wildman–Crippen MR) is 92.8 cm³/mol. The smallest absolute Gasteiger partial charge is 0.226 e. The van der Waals surface area contributed by atoms with Crippen LogP contribution in [0.25, 0.3) is 11.0 Å². The second-order valence-electron chi connectivity index (χ2n) is 6.40. The first-order chi connectivity index (χ1) is 12.6. The minimum absolute atomic E-state index is 0.00660. The van der Waals surface area contributed by atoms with E-state index in [1.807, 2.05) is 4.90 Å². The number of nitrogens with zero attached hydrogens (tertiary/aromatic N) is 2. The normalized spacial score (nSPS) is 17.0. The highest BCUT2D eigenvalue weighted by Gasteiger charge is 2.26. The molecule has 0 saturated carbocycles. The highest BCUT2D eigenvalue weighted by atomic mass is 19.1. The number of hydrogen-bond donors (Lipinski definition) is 1. The number of benzene rings is 2. The van der Waals surface area contributed by atoms with E-state index in [0.717, 1.165) is 6.42 Å². The maximum atomic E-state index is 13.9. The summed E-state index contributed by atoms with van der Waals surface area (Å²) in [4.78, 5) is 14.2. The first-order valence-electron chi connectivity index (χ1n) is 8.43. The molecule has 0 bridgehead atoms. The molecule has 5 nitrogen and oxygen atoms in total. The van der Waals surface area contributed by atoms with Crippen LogP contribution in [0.1, 0.15) is 12.1 Å². The third kappa shape index (κ3) is 3.24. The van der Waals surface area contributed by atoms with Crippen molar-refractivity contribution >= 4 is 22.6 Å². The summed E-state index contributed by atoms with van der Waals surface area (Å²) in [7, 11) is 0. The molecule has 2 heterocycles. The average Bonchev–Trinajstić information content (AvgIpc) is 3.23. The van der Waals surface area contributed by atoms with Crippen LogP contribution in [0.4, 0.5) is 14.5 Å². The van der Waals surface area contributed by atoms with E-state index in [4.69, 9.17) is 4.52 Å². The minimum Gasteiger partial charge on any atom is -0.367 e. The van der Waals surface area contributed by atoms with Crippen LogP contribution in [-0.4, -0.2) is 30.2 Å². The molecule has 0 spiro atoms. The average molecular weight is 357 g/mol. The van der Waals surface area contributed by atoms with Crippen LogP contribution in [-0.2, 0) is 11.2 Å². The van der Waals surface area contributed by atoms with Crippen LogP contribution in [0.15, 0.2) is 47.0 Å². The maximum absolute atomic E-state index is 13.9. The van der Waals surface area contributed by atoms with Crippen molar-refractivity contribution in [3.63, 3.8) is 0 Å². The molecule has 1 aromatic heterocycles. The van der Waals surface area contributed by atoms with Crippen LogP contribution >= 0.6 is 0 Å². The number of carbonyl (C=O) groups excluding carboxylic acids is 1. The molecule has 3 aromatic rings. The van der Waals surface area contributed by atoms with Gasteiger partial charge < -0.3 is 14.7 Å². The van der Waals surface area contributed by atoms with Gasteiger partial charge in [0.05, 0.1) is 12.1 Å². The number of halogens is 2. The van der Waals surface area contributed by atoms with E-state index < -0.39 is 5.82 Å². The molecule has 0 aliphatic carbocycles. The van der Waals surface area contributed by atoms with Gasteiger partial charge >= 0.3 is 0 Å². The number of rotatable bonds is 4. The van der Waals surface area contributed by atoms with Gasteiger partial charge in [0.2, 0.25) is 5.91 Å². The minimum atomic E-state index is -0.404. The molecule has 134 valence electrons. The van der Waals surface area contributed by atoms with Crippen molar-refractivity contribution in [2.24, 2.45) is 0 Å². The summed E-state index contributed by atoms with van der Waals surface area (Å²) in [6.45, 7) is 1.21. The number of carbonyl (C=O) groups is 1. The van der Waals surface area contributed by atoms with Crippen molar-refractivity contribution < 1.29 is 18.1 Å². The van der Waals surface area contributed by atoms with E-state index in [-0.39, 0.29) is 24.2 Å². The zero-order chi connectivity index (χ0) is 18.1. The SMILES string of the molecule is O=C(Cc1noc2ccc(F)cc12)N[C@H]1CCN(c2ccccc2F)C1. The first kappa shape index (κ1) is 16.5. The van der Waals surface area contributed by atoms with Crippen LogP contribution in [0, 0.1) is 11.6 Å². The third-order valence-corrected chi connectivity index (χ3v) is 4.58. The molecule has 0 radical (unpaired) electrons. The van der Waals surface area contributed by atoms with Gasteiger partial charge in [0.25, 0.3) is 0 Å². The third-order valence-electron chi connectivity index (χ3n) is 4.58. The fraction of sp³-hybridized carbons (Fsp3) is 0.263. The molecule has 4 rings (SSSR count). The second-order valence-corrected chi connectivity index (χ2v) is 6.40. The van der Waals surface area contributed by atoms with Gasteiger partial charge in [-0.15, -0.1) is 0 Å². The van der Waals surface area contributed by atoms with Crippen molar-refractivity contribution in [1.29, 1.82) is 0 Å². The van der Waals surface area contributed by atoms with Crippen molar-refractivity contribution in [1.82, 2.24) is 10.5 Å². The summed E-state index contributed by atoms with van der Waals surface area (Å²) in [5, 5.41) is 7.30. The van der Waals surface area contributed by atoms with Crippen LogP contribution in [0.2, 0.25) is 0 Å². The topological polar surface area (TPSA) is 58.4 Å². The van der Waals surface area contributed by atoms with E-state index in [2.05, 4.69) is 10.5 Å². The van der Waals surface area contributed by atoms with Crippen molar-refractivity contribution in [2.75, 3.05) is 18.0 Å². The lowest BCUT2D eigenvalue weighted by Gasteiger charge is -2.19. The highest BCUT2D eigenvalue weighted by molar-refractivity contribution is 5.86. The summed E-state index contributed by atoms with van der Waals surface area (Å²) in [5.41, 5.74) is 1.39. The van der Waals surface area contributed by atoms with Gasteiger partial charge in [-0.2, -0.15) is 0 Å². The Bertz CT molecular complexity index is 957. The monoisotopic (exact) mass is 357 g/mol. The summed E-state index contributed by atoms with van der Waals surface area (Å²) >= 11 is 0. The van der Waals surface area contributed by atoms with Crippen LogP contribution < -0.4 is 10.2 Å². The summed E-state index contributed by atoms with van der Waals surface area (Å²) in [6.07, 6.45) is 0.737. The van der Waals surface area contributed by atoms with E-state index in [1.165, 1.54) is 24.3 Å². The molecule has 1 atom stereocenters. The summed E-state index contributed by atoms with van der Waals surface area (Å²) < 4.78 is 32.4. The molecule has 1 amide bonds. The van der Waals surface area contributed by atoms with Crippen molar-refractivity contribution in [2.45, 2.75) is 18.9 Å². The van der Waals surface area contributed by atoms with Gasteiger partial charge in [0.1, 0.15) is 17.3 Å². The van der Waals surface area contributed by atoms with E-state index in [0.29, 0.717) is 35.4 Å². The number of nitrogens with one attached hydrogen (secondary N) is 1. The molecular weight excluding hydrogens is 340 g/mol.